The van der Waals surface area contributed by atoms with Crippen LogP contribution in [0.25, 0.3) is 0 Å². The van der Waals surface area contributed by atoms with Gasteiger partial charge in [0.25, 0.3) is 0 Å². The van der Waals surface area contributed by atoms with E-state index in [9.17, 15) is 5.26 Å². The van der Waals surface area contributed by atoms with E-state index in [1.165, 1.54) is 49.7 Å². The second-order valence-electron chi connectivity index (χ2n) is 5.27. The number of rotatable bonds is 2. The average Bonchev–Trinajstić information content (AvgIpc) is 2.59. The molecule has 1 saturated carbocycles. The van der Waals surface area contributed by atoms with Gasteiger partial charge in [-0.25, -0.2) is 0 Å². The van der Waals surface area contributed by atoms with Gasteiger partial charge in [0, 0.05) is 0 Å². The summed E-state index contributed by atoms with van der Waals surface area (Å²) >= 11 is 0. The van der Waals surface area contributed by atoms with Crippen LogP contribution in [-0.4, -0.2) is 0 Å². The van der Waals surface area contributed by atoms with E-state index in [-0.39, 0.29) is 5.92 Å². The summed E-state index contributed by atoms with van der Waals surface area (Å²) in [6.45, 7) is 2.10. The fourth-order valence-electron chi connectivity index (χ4n) is 2.96. The quantitative estimate of drug-likeness (QED) is 0.679. The summed E-state index contributed by atoms with van der Waals surface area (Å²) < 4.78 is 0. The van der Waals surface area contributed by atoms with Crippen LogP contribution in [0.3, 0.4) is 0 Å². The Hall–Kier alpha value is -1.29. The lowest BCUT2D eigenvalue weighted by atomic mass is 9.82. The maximum atomic E-state index is 9.46. The summed E-state index contributed by atoms with van der Waals surface area (Å²) in [4.78, 5) is 0. The molecule has 1 aliphatic rings. The number of aryl methyl sites for hydroxylation is 1. The molecular formula is C16H21N. The van der Waals surface area contributed by atoms with E-state index in [4.69, 9.17) is 0 Å². The average molecular weight is 227 g/mol. The second kappa shape index (κ2) is 5.87. The van der Waals surface area contributed by atoms with Crippen LogP contribution in [0.1, 0.15) is 55.6 Å². The first-order valence-corrected chi connectivity index (χ1v) is 6.77. The molecule has 1 heteroatoms. The van der Waals surface area contributed by atoms with Crippen LogP contribution in [0.2, 0.25) is 0 Å². The molecule has 0 aliphatic heterocycles. The summed E-state index contributed by atoms with van der Waals surface area (Å²) in [6, 6.07) is 11.0. The van der Waals surface area contributed by atoms with Crippen LogP contribution in [-0.2, 0) is 0 Å². The molecule has 1 aromatic rings. The largest absolute Gasteiger partial charge is 0.198 e. The molecule has 90 valence electrons. The molecule has 0 radical (unpaired) electrons. The van der Waals surface area contributed by atoms with Crippen molar-refractivity contribution in [3.8, 4) is 6.07 Å². The van der Waals surface area contributed by atoms with Crippen molar-refractivity contribution in [3.63, 3.8) is 0 Å². The molecule has 1 unspecified atom stereocenters. The summed E-state index contributed by atoms with van der Waals surface area (Å²) in [5, 5.41) is 9.46. The third-order valence-corrected chi connectivity index (χ3v) is 3.91. The molecule has 1 aromatic carbocycles. The van der Waals surface area contributed by atoms with Crippen molar-refractivity contribution in [2.75, 3.05) is 0 Å². The SMILES string of the molecule is Cc1cccc(C(C#N)C2CCCCCC2)c1. The highest BCUT2D eigenvalue weighted by Crippen LogP contribution is 2.34. The fourth-order valence-corrected chi connectivity index (χ4v) is 2.96. The van der Waals surface area contributed by atoms with Crippen molar-refractivity contribution in [1.82, 2.24) is 0 Å². The van der Waals surface area contributed by atoms with Crippen LogP contribution in [0.4, 0.5) is 0 Å². The monoisotopic (exact) mass is 227 g/mol. The Bertz CT molecular complexity index is 394. The summed E-state index contributed by atoms with van der Waals surface area (Å²) in [6.07, 6.45) is 7.76. The van der Waals surface area contributed by atoms with Crippen molar-refractivity contribution in [2.45, 2.75) is 51.4 Å². The lowest BCUT2D eigenvalue weighted by molar-refractivity contribution is 0.424. The lowest BCUT2D eigenvalue weighted by Gasteiger charge is -2.20. The molecule has 0 saturated heterocycles. The minimum atomic E-state index is 0.105. The Morgan fingerprint density at radius 1 is 1.18 bits per heavy atom. The Kier molecular flexibility index (Phi) is 4.20. The van der Waals surface area contributed by atoms with Gasteiger partial charge < -0.3 is 0 Å². The minimum Gasteiger partial charge on any atom is -0.198 e. The van der Waals surface area contributed by atoms with Crippen LogP contribution in [0, 0.1) is 24.2 Å². The van der Waals surface area contributed by atoms with Gasteiger partial charge in [-0.3, -0.25) is 0 Å². The first-order chi connectivity index (χ1) is 8.31. The maximum absolute atomic E-state index is 9.46. The molecule has 17 heavy (non-hydrogen) atoms. The van der Waals surface area contributed by atoms with Crippen LogP contribution >= 0.6 is 0 Å². The Morgan fingerprint density at radius 2 is 1.88 bits per heavy atom. The molecule has 0 bridgehead atoms. The van der Waals surface area contributed by atoms with Crippen molar-refractivity contribution >= 4 is 0 Å². The standard InChI is InChI=1S/C16H21N/c1-13-7-6-10-15(11-13)16(12-17)14-8-4-2-3-5-9-14/h6-7,10-11,14,16H,2-5,8-9H2,1H3. The van der Waals surface area contributed by atoms with E-state index in [1.807, 2.05) is 0 Å². The van der Waals surface area contributed by atoms with Gasteiger partial charge in [-0.1, -0.05) is 55.5 Å². The van der Waals surface area contributed by atoms with Crippen molar-refractivity contribution < 1.29 is 0 Å². The normalized spacial score (nSPS) is 19.3. The third kappa shape index (κ3) is 3.09. The summed E-state index contributed by atoms with van der Waals surface area (Å²) in [5.74, 6) is 0.678. The van der Waals surface area contributed by atoms with Gasteiger partial charge in [0.1, 0.15) is 0 Å². The molecule has 1 aliphatic carbocycles. The van der Waals surface area contributed by atoms with Crippen LogP contribution in [0.5, 0.6) is 0 Å². The molecule has 0 heterocycles. The van der Waals surface area contributed by atoms with Crippen molar-refractivity contribution in [1.29, 1.82) is 5.26 Å². The van der Waals surface area contributed by atoms with Crippen molar-refractivity contribution in [2.24, 2.45) is 5.92 Å². The lowest BCUT2D eigenvalue weighted by Crippen LogP contribution is -2.11. The summed E-state index contributed by atoms with van der Waals surface area (Å²) in [5.41, 5.74) is 2.48. The fraction of sp³-hybridized carbons (Fsp3) is 0.562. The number of nitrogens with zero attached hydrogens (tertiary/aromatic N) is 1. The molecular weight excluding hydrogens is 206 g/mol. The number of hydrogen-bond acceptors (Lipinski definition) is 1. The zero-order valence-electron chi connectivity index (χ0n) is 10.7. The van der Waals surface area contributed by atoms with Crippen LogP contribution < -0.4 is 0 Å². The number of nitriles is 1. The highest BCUT2D eigenvalue weighted by Gasteiger charge is 2.23. The first kappa shape index (κ1) is 12.2. The van der Waals surface area contributed by atoms with Gasteiger partial charge in [-0.05, 0) is 31.2 Å². The molecule has 0 amide bonds. The smallest absolute Gasteiger partial charge is 0.0741 e. The van der Waals surface area contributed by atoms with E-state index in [0.717, 1.165) is 0 Å². The summed E-state index contributed by atoms with van der Waals surface area (Å²) in [7, 11) is 0. The van der Waals surface area contributed by atoms with E-state index in [1.54, 1.807) is 0 Å². The van der Waals surface area contributed by atoms with E-state index in [2.05, 4.69) is 37.3 Å². The Labute approximate surface area is 104 Å². The van der Waals surface area contributed by atoms with Gasteiger partial charge in [-0.2, -0.15) is 5.26 Å². The van der Waals surface area contributed by atoms with E-state index < -0.39 is 0 Å². The number of hydrogen-bond donors (Lipinski definition) is 0. The van der Waals surface area contributed by atoms with Gasteiger partial charge >= 0.3 is 0 Å². The predicted molar refractivity (Wildman–Crippen MR) is 70.7 cm³/mol. The molecule has 0 spiro atoms. The maximum Gasteiger partial charge on any atom is 0.0741 e. The molecule has 0 N–H and O–H groups in total. The van der Waals surface area contributed by atoms with Gasteiger partial charge in [0.2, 0.25) is 0 Å². The van der Waals surface area contributed by atoms with Gasteiger partial charge in [-0.15, -0.1) is 0 Å². The molecule has 0 aromatic heterocycles. The predicted octanol–water partition coefficient (Wildman–Crippen LogP) is 4.57. The topological polar surface area (TPSA) is 23.8 Å². The first-order valence-electron chi connectivity index (χ1n) is 6.77. The highest BCUT2D eigenvalue weighted by molar-refractivity contribution is 5.29. The molecule has 1 fully saturated rings. The highest BCUT2D eigenvalue weighted by atomic mass is 14.3. The van der Waals surface area contributed by atoms with Crippen molar-refractivity contribution in [3.05, 3.63) is 35.4 Å². The van der Waals surface area contributed by atoms with E-state index in [0.29, 0.717) is 5.92 Å². The molecule has 2 rings (SSSR count). The Morgan fingerprint density at radius 3 is 2.47 bits per heavy atom. The zero-order valence-corrected chi connectivity index (χ0v) is 10.7. The molecule has 1 atom stereocenters. The number of benzene rings is 1. The van der Waals surface area contributed by atoms with Gasteiger partial charge in [0.15, 0.2) is 0 Å². The second-order valence-corrected chi connectivity index (χ2v) is 5.27. The van der Waals surface area contributed by atoms with Gasteiger partial charge in [0.05, 0.1) is 12.0 Å². The minimum absolute atomic E-state index is 0.105. The Balaban J connectivity index is 2.18. The van der Waals surface area contributed by atoms with Crippen LogP contribution in [0.15, 0.2) is 24.3 Å². The third-order valence-electron chi connectivity index (χ3n) is 3.91. The zero-order chi connectivity index (χ0) is 12.1. The van der Waals surface area contributed by atoms with E-state index >= 15 is 0 Å². The molecule has 1 nitrogen and oxygen atoms in total.